The van der Waals surface area contributed by atoms with Gasteiger partial charge in [0.2, 0.25) is 0 Å². The minimum atomic E-state index is 0.0103. The fourth-order valence-corrected chi connectivity index (χ4v) is 5.62. The number of phenolic OH excluding ortho intramolecular Hbond substituents is 1. The second-order valence-electron chi connectivity index (χ2n) is 8.40. The van der Waals surface area contributed by atoms with Crippen molar-refractivity contribution in [2.75, 3.05) is 56.3 Å². The van der Waals surface area contributed by atoms with Gasteiger partial charge in [-0.15, -0.1) is 0 Å². The van der Waals surface area contributed by atoms with E-state index in [1.54, 1.807) is 12.1 Å². The van der Waals surface area contributed by atoms with Crippen LogP contribution in [0.4, 0.5) is 11.5 Å². The Bertz CT molecular complexity index is 1140. The molecule has 4 heterocycles. The van der Waals surface area contributed by atoms with Crippen molar-refractivity contribution in [3.63, 3.8) is 0 Å². The van der Waals surface area contributed by atoms with Crippen molar-refractivity contribution in [1.82, 2.24) is 9.88 Å². The van der Waals surface area contributed by atoms with Gasteiger partial charge in [0.25, 0.3) is 0 Å². The summed E-state index contributed by atoms with van der Waals surface area (Å²) in [5.74, 6) is 1.20. The highest BCUT2D eigenvalue weighted by Gasteiger charge is 2.42. The molecule has 0 saturated carbocycles. The smallest absolute Gasteiger partial charge is 0.177 e. The van der Waals surface area contributed by atoms with Crippen LogP contribution < -0.4 is 14.5 Å². The lowest BCUT2D eigenvalue weighted by Gasteiger charge is -2.43. The van der Waals surface area contributed by atoms with E-state index in [1.165, 1.54) is 7.11 Å². The molecule has 1 N–H and O–H groups in total. The molecule has 33 heavy (non-hydrogen) atoms. The van der Waals surface area contributed by atoms with Crippen molar-refractivity contribution in [2.24, 2.45) is 0 Å². The highest BCUT2D eigenvalue weighted by atomic mass is 32.1. The molecule has 8 nitrogen and oxygen atoms in total. The van der Waals surface area contributed by atoms with Crippen molar-refractivity contribution < 1.29 is 14.6 Å². The quantitative estimate of drug-likeness (QED) is 0.683. The molecule has 172 valence electrons. The van der Waals surface area contributed by atoms with E-state index < -0.39 is 0 Å². The van der Waals surface area contributed by atoms with E-state index in [1.807, 2.05) is 6.07 Å². The Hall–Kier alpha value is -3.09. The van der Waals surface area contributed by atoms with Crippen molar-refractivity contribution >= 4 is 28.8 Å². The molecule has 2 saturated heterocycles. The summed E-state index contributed by atoms with van der Waals surface area (Å²) in [6, 6.07) is 7.71. The molecule has 3 aliphatic heterocycles. The zero-order valence-corrected chi connectivity index (χ0v) is 19.7. The summed E-state index contributed by atoms with van der Waals surface area (Å²) in [5, 5.41) is 21.6. The lowest BCUT2D eigenvalue weighted by atomic mass is 9.93. The van der Waals surface area contributed by atoms with Gasteiger partial charge in [0.1, 0.15) is 17.5 Å². The molecule has 3 aliphatic rings. The minimum absolute atomic E-state index is 0.0103. The molecule has 1 atom stereocenters. The molecule has 0 aliphatic carbocycles. The lowest BCUT2D eigenvalue weighted by Crippen LogP contribution is -2.49. The van der Waals surface area contributed by atoms with Crippen molar-refractivity contribution in [3.05, 3.63) is 29.3 Å². The Morgan fingerprint density at radius 3 is 2.76 bits per heavy atom. The van der Waals surface area contributed by atoms with Gasteiger partial charge >= 0.3 is 0 Å². The predicted molar refractivity (Wildman–Crippen MR) is 130 cm³/mol. The van der Waals surface area contributed by atoms with Gasteiger partial charge < -0.3 is 29.3 Å². The number of methoxy groups -OCH3 is 1. The maximum Gasteiger partial charge on any atom is 0.177 e. The van der Waals surface area contributed by atoms with Gasteiger partial charge in [-0.3, -0.25) is 0 Å². The van der Waals surface area contributed by atoms with Gasteiger partial charge in [0, 0.05) is 37.3 Å². The van der Waals surface area contributed by atoms with E-state index in [9.17, 15) is 10.4 Å². The number of phenols is 1. The monoisotopic (exact) mass is 465 g/mol. The predicted octanol–water partition coefficient (Wildman–Crippen LogP) is 3.43. The van der Waals surface area contributed by atoms with Crippen LogP contribution in [0.2, 0.25) is 0 Å². The fourth-order valence-electron chi connectivity index (χ4n) is 5.18. The van der Waals surface area contributed by atoms with E-state index >= 15 is 0 Å². The minimum Gasteiger partial charge on any atom is -0.504 e. The number of thiocarbonyl (C=S) groups is 1. The number of hydrogen-bond donors (Lipinski definition) is 1. The molecule has 1 aromatic heterocycles. The number of fused-ring (bicyclic) bond motifs is 3. The topological polar surface area (TPSA) is 85.1 Å². The van der Waals surface area contributed by atoms with Gasteiger partial charge in [-0.1, -0.05) is 0 Å². The number of anilines is 2. The Morgan fingerprint density at radius 1 is 1.30 bits per heavy atom. The van der Waals surface area contributed by atoms with Crippen LogP contribution in [0.1, 0.15) is 36.9 Å². The molecule has 0 bridgehead atoms. The zero-order chi connectivity index (χ0) is 23.1. The van der Waals surface area contributed by atoms with Crippen LogP contribution in [0.5, 0.6) is 11.5 Å². The summed E-state index contributed by atoms with van der Waals surface area (Å²) >= 11 is 5.87. The van der Waals surface area contributed by atoms with Crippen LogP contribution in [0.15, 0.2) is 18.2 Å². The molecule has 0 radical (unpaired) electrons. The highest BCUT2D eigenvalue weighted by Crippen LogP contribution is 2.49. The number of morpholine rings is 1. The summed E-state index contributed by atoms with van der Waals surface area (Å²) in [6.45, 7) is 6.32. The van der Waals surface area contributed by atoms with Gasteiger partial charge in [-0.25, -0.2) is 4.98 Å². The van der Waals surface area contributed by atoms with Gasteiger partial charge in [0.05, 0.1) is 37.7 Å². The first-order valence-corrected chi connectivity index (χ1v) is 11.8. The molecule has 0 amide bonds. The van der Waals surface area contributed by atoms with Gasteiger partial charge in [-0.2, -0.15) is 5.26 Å². The highest BCUT2D eigenvalue weighted by molar-refractivity contribution is 7.80. The number of pyridine rings is 1. The molecule has 2 aromatic rings. The SMILES string of the molecule is CCN1C(=S)N2CCCC2c2c1nc(-c1ccc(OC)c(O)c1)c(C#N)c2N1CCOCC1. The van der Waals surface area contributed by atoms with E-state index in [2.05, 4.69) is 27.7 Å². The summed E-state index contributed by atoms with van der Waals surface area (Å²) in [7, 11) is 1.51. The van der Waals surface area contributed by atoms with E-state index in [4.69, 9.17) is 26.7 Å². The first kappa shape index (κ1) is 21.7. The number of benzene rings is 1. The first-order chi connectivity index (χ1) is 16.1. The Kier molecular flexibility index (Phi) is 5.72. The van der Waals surface area contributed by atoms with E-state index in [0.717, 1.165) is 41.6 Å². The average Bonchev–Trinajstić information content (AvgIpc) is 3.34. The fraction of sp³-hybridized carbons (Fsp3) is 0.458. The number of rotatable bonds is 4. The van der Waals surface area contributed by atoms with E-state index in [-0.39, 0.29) is 11.8 Å². The summed E-state index contributed by atoms with van der Waals surface area (Å²) in [4.78, 5) is 11.7. The Balaban J connectivity index is 1.80. The molecule has 0 spiro atoms. The Labute approximate surface area is 198 Å². The molecule has 5 rings (SSSR count). The average molecular weight is 466 g/mol. The van der Waals surface area contributed by atoms with Crippen molar-refractivity contribution in [1.29, 1.82) is 5.26 Å². The van der Waals surface area contributed by atoms with Gasteiger partial charge in [-0.05, 0) is 50.2 Å². The number of hydrogen-bond acceptors (Lipinski definition) is 7. The largest absolute Gasteiger partial charge is 0.504 e. The number of aromatic hydroxyl groups is 1. The lowest BCUT2D eigenvalue weighted by molar-refractivity contribution is 0.122. The van der Waals surface area contributed by atoms with Crippen molar-refractivity contribution in [2.45, 2.75) is 25.8 Å². The van der Waals surface area contributed by atoms with Crippen LogP contribution in [-0.4, -0.2) is 66.6 Å². The second kappa shape index (κ2) is 8.69. The van der Waals surface area contributed by atoms with Gasteiger partial charge in [0.15, 0.2) is 16.6 Å². The first-order valence-electron chi connectivity index (χ1n) is 11.3. The zero-order valence-electron chi connectivity index (χ0n) is 18.9. The standard InChI is InChI=1S/C24H27N5O3S/c1-3-28-23-20(17-5-4-8-29(17)24(28)33)22(27-9-11-32-12-10-27)16(14-25)21(26-23)15-6-7-19(31-2)18(30)13-15/h6-7,13,17,30H,3-5,8-12H2,1-2H3. The number of ether oxygens (including phenoxy) is 2. The molecular formula is C24H27N5O3S. The van der Waals surface area contributed by atoms with Crippen LogP contribution in [0.3, 0.4) is 0 Å². The maximum absolute atomic E-state index is 10.4. The molecule has 2 fully saturated rings. The molecular weight excluding hydrogens is 438 g/mol. The molecule has 1 aromatic carbocycles. The Morgan fingerprint density at radius 2 is 2.09 bits per heavy atom. The summed E-state index contributed by atoms with van der Waals surface area (Å²) in [5.41, 5.74) is 3.74. The van der Waals surface area contributed by atoms with E-state index in [0.29, 0.717) is 55.4 Å². The number of aromatic nitrogens is 1. The second-order valence-corrected chi connectivity index (χ2v) is 8.76. The number of nitrogens with zero attached hydrogens (tertiary/aromatic N) is 5. The maximum atomic E-state index is 10.4. The van der Waals surface area contributed by atoms with Crippen LogP contribution in [-0.2, 0) is 4.74 Å². The molecule has 9 heteroatoms. The normalized spacial score (nSPS) is 19.8. The summed E-state index contributed by atoms with van der Waals surface area (Å²) in [6.07, 6.45) is 2.04. The molecule has 1 unspecified atom stereocenters. The van der Waals surface area contributed by atoms with Crippen LogP contribution >= 0.6 is 12.2 Å². The number of nitriles is 1. The van der Waals surface area contributed by atoms with Crippen molar-refractivity contribution in [3.8, 4) is 28.8 Å². The third-order valence-electron chi connectivity index (χ3n) is 6.71. The van der Waals surface area contributed by atoms with Crippen LogP contribution in [0, 0.1) is 11.3 Å². The van der Waals surface area contributed by atoms with Crippen LogP contribution in [0.25, 0.3) is 11.3 Å². The third kappa shape index (κ3) is 3.45. The third-order valence-corrected chi connectivity index (χ3v) is 7.17. The summed E-state index contributed by atoms with van der Waals surface area (Å²) < 4.78 is 10.8.